The van der Waals surface area contributed by atoms with Gasteiger partial charge in [0.1, 0.15) is 18.1 Å². The van der Waals surface area contributed by atoms with Crippen LogP contribution in [-0.4, -0.2) is 57.6 Å². The summed E-state index contributed by atoms with van der Waals surface area (Å²) >= 11 is 0. The maximum absolute atomic E-state index is 13.4. The lowest BCUT2D eigenvalue weighted by Crippen LogP contribution is -2.31. The van der Waals surface area contributed by atoms with Crippen LogP contribution in [0.25, 0.3) is 5.76 Å². The zero-order chi connectivity index (χ0) is 27.8. The van der Waals surface area contributed by atoms with E-state index < -0.39 is 17.7 Å². The first-order valence-corrected chi connectivity index (χ1v) is 13.0. The van der Waals surface area contributed by atoms with Crippen molar-refractivity contribution in [3.63, 3.8) is 0 Å². The molecule has 1 atom stereocenters. The van der Waals surface area contributed by atoms with E-state index in [-0.39, 0.29) is 11.3 Å². The number of hydrogen-bond acceptors (Lipinski definition) is 7. The van der Waals surface area contributed by atoms with E-state index in [1.165, 1.54) is 4.90 Å². The third kappa shape index (κ3) is 6.14. The molecule has 1 amide bonds. The summed E-state index contributed by atoms with van der Waals surface area (Å²) in [5.74, 6) is -0.0153. The fraction of sp³-hybridized carbons (Fsp3) is 0.300. The highest BCUT2D eigenvalue weighted by molar-refractivity contribution is 6.46. The highest BCUT2D eigenvalue weighted by Crippen LogP contribution is 2.42. The Morgan fingerprint density at radius 1 is 1.03 bits per heavy atom. The number of likely N-dealkylation sites (tertiary alicyclic amines) is 1. The molecule has 9 heteroatoms. The van der Waals surface area contributed by atoms with E-state index in [1.807, 2.05) is 24.6 Å². The lowest BCUT2D eigenvalue weighted by atomic mass is 9.95. The number of imidazole rings is 1. The van der Waals surface area contributed by atoms with Crippen molar-refractivity contribution in [1.29, 1.82) is 0 Å². The summed E-state index contributed by atoms with van der Waals surface area (Å²) in [5, 5.41) is 11.4. The van der Waals surface area contributed by atoms with Crippen LogP contribution < -0.4 is 14.2 Å². The molecule has 204 valence electrons. The molecule has 2 aromatic carbocycles. The first-order valence-electron chi connectivity index (χ1n) is 13.0. The van der Waals surface area contributed by atoms with Crippen LogP contribution >= 0.6 is 0 Å². The van der Waals surface area contributed by atoms with Crippen molar-refractivity contribution in [3.8, 4) is 17.2 Å². The Morgan fingerprint density at radius 3 is 2.46 bits per heavy atom. The van der Waals surface area contributed by atoms with Gasteiger partial charge in [-0.25, -0.2) is 4.98 Å². The minimum absolute atomic E-state index is 0.0222. The molecule has 39 heavy (non-hydrogen) atoms. The third-order valence-electron chi connectivity index (χ3n) is 6.29. The third-order valence-corrected chi connectivity index (χ3v) is 6.29. The summed E-state index contributed by atoms with van der Waals surface area (Å²) in [4.78, 5) is 32.3. The van der Waals surface area contributed by atoms with Gasteiger partial charge >= 0.3 is 0 Å². The van der Waals surface area contributed by atoms with Crippen molar-refractivity contribution in [2.24, 2.45) is 0 Å². The number of ether oxygens (including phenoxy) is 3. The number of rotatable bonds is 13. The molecule has 1 aromatic heterocycles. The van der Waals surface area contributed by atoms with Crippen LogP contribution in [0.15, 0.2) is 79.4 Å². The molecular formula is C30H33N3O6. The van der Waals surface area contributed by atoms with Crippen LogP contribution in [0.2, 0.25) is 0 Å². The number of amides is 1. The summed E-state index contributed by atoms with van der Waals surface area (Å²) in [6, 6.07) is 11.2. The van der Waals surface area contributed by atoms with E-state index in [0.29, 0.717) is 67.7 Å². The normalized spacial score (nSPS) is 16.4. The van der Waals surface area contributed by atoms with Crippen LogP contribution in [0.5, 0.6) is 17.2 Å². The first kappa shape index (κ1) is 27.5. The molecular weight excluding hydrogens is 498 g/mol. The topological polar surface area (TPSA) is 103 Å². The number of aliphatic hydroxyl groups excluding tert-OH is 1. The Bertz CT molecular complexity index is 1330. The van der Waals surface area contributed by atoms with Gasteiger partial charge < -0.3 is 28.8 Å². The molecule has 0 aliphatic carbocycles. The summed E-state index contributed by atoms with van der Waals surface area (Å²) < 4.78 is 19.0. The number of benzene rings is 2. The second-order valence-electron chi connectivity index (χ2n) is 8.84. The molecule has 1 N–H and O–H groups in total. The molecule has 1 fully saturated rings. The van der Waals surface area contributed by atoms with Crippen LogP contribution in [0.4, 0.5) is 0 Å². The second kappa shape index (κ2) is 12.8. The van der Waals surface area contributed by atoms with Gasteiger partial charge in [0.05, 0.1) is 31.2 Å². The monoisotopic (exact) mass is 531 g/mol. The zero-order valence-electron chi connectivity index (χ0n) is 22.2. The fourth-order valence-electron chi connectivity index (χ4n) is 4.56. The number of aliphatic hydroxyl groups is 1. The minimum atomic E-state index is -0.813. The summed E-state index contributed by atoms with van der Waals surface area (Å²) in [7, 11) is 0. The fourth-order valence-corrected chi connectivity index (χ4v) is 4.56. The minimum Gasteiger partial charge on any atom is -0.507 e. The highest BCUT2D eigenvalue weighted by atomic mass is 16.5. The molecule has 1 aliphatic rings. The molecule has 0 radical (unpaired) electrons. The van der Waals surface area contributed by atoms with Crippen LogP contribution in [0.3, 0.4) is 0 Å². The lowest BCUT2D eigenvalue weighted by molar-refractivity contribution is -0.139. The van der Waals surface area contributed by atoms with Crippen molar-refractivity contribution in [2.45, 2.75) is 32.9 Å². The van der Waals surface area contributed by atoms with Gasteiger partial charge in [0.2, 0.25) is 0 Å². The first-order chi connectivity index (χ1) is 19.0. The molecule has 3 aromatic rings. The molecule has 1 unspecified atom stereocenters. The van der Waals surface area contributed by atoms with Crippen molar-refractivity contribution in [3.05, 3.63) is 90.5 Å². The predicted octanol–water partition coefficient (Wildman–Crippen LogP) is 4.76. The molecule has 1 saturated heterocycles. The average molecular weight is 532 g/mol. The SMILES string of the molecule is C=CCOc1ccc(C2/C(=C(\O)c3ccc(OCC)cc3)C(=O)C(=O)N2CCCn2ccnc2)cc1OCC. The van der Waals surface area contributed by atoms with Crippen molar-refractivity contribution in [1.82, 2.24) is 14.5 Å². The molecule has 4 rings (SSSR count). The van der Waals surface area contributed by atoms with Gasteiger partial charge in [0.25, 0.3) is 11.7 Å². The maximum Gasteiger partial charge on any atom is 0.295 e. The maximum atomic E-state index is 13.4. The summed E-state index contributed by atoms with van der Waals surface area (Å²) in [6.45, 7) is 9.53. The number of Topliss-reactive ketones (excluding diaryl/α,β-unsaturated/α-hetero) is 1. The number of ketones is 1. The summed E-state index contributed by atoms with van der Waals surface area (Å²) in [5.41, 5.74) is 1.06. The number of carbonyl (C=O) groups excluding carboxylic acids is 2. The quantitative estimate of drug-likeness (QED) is 0.147. The van der Waals surface area contributed by atoms with Gasteiger partial charge in [-0.3, -0.25) is 9.59 Å². The lowest BCUT2D eigenvalue weighted by Gasteiger charge is -2.26. The van der Waals surface area contributed by atoms with Crippen LogP contribution in [0, 0.1) is 0 Å². The average Bonchev–Trinajstić information content (AvgIpc) is 3.55. The number of hydrogen-bond donors (Lipinski definition) is 1. The largest absolute Gasteiger partial charge is 0.507 e. The Morgan fingerprint density at radius 2 is 1.79 bits per heavy atom. The van der Waals surface area contributed by atoms with Gasteiger partial charge in [-0.2, -0.15) is 0 Å². The standard InChI is InChI=1S/C30H33N3O6/c1-4-18-39-24-13-10-22(19-25(24)38-6-3)27-26(28(34)21-8-11-23(12-9-21)37-5-2)29(35)30(36)33(27)16-7-15-32-17-14-31-20-32/h4,8-14,17,19-20,27,34H,1,5-7,15-16,18H2,2-3H3/b28-26+. The van der Waals surface area contributed by atoms with Crippen LogP contribution in [-0.2, 0) is 16.1 Å². The van der Waals surface area contributed by atoms with E-state index in [4.69, 9.17) is 14.2 Å². The predicted molar refractivity (Wildman–Crippen MR) is 147 cm³/mol. The number of aromatic nitrogens is 2. The summed E-state index contributed by atoms with van der Waals surface area (Å²) in [6.07, 6.45) is 7.45. The van der Waals surface area contributed by atoms with E-state index in [9.17, 15) is 14.7 Å². The molecule has 2 heterocycles. The Kier molecular flexibility index (Phi) is 9.04. The Balaban J connectivity index is 1.76. The van der Waals surface area contributed by atoms with Gasteiger partial charge in [-0.1, -0.05) is 18.7 Å². The highest BCUT2D eigenvalue weighted by Gasteiger charge is 2.46. The molecule has 0 bridgehead atoms. The van der Waals surface area contributed by atoms with E-state index in [0.717, 1.165) is 0 Å². The Labute approximate surface area is 227 Å². The molecule has 9 nitrogen and oxygen atoms in total. The zero-order valence-corrected chi connectivity index (χ0v) is 22.2. The number of aryl methyl sites for hydroxylation is 1. The number of carbonyl (C=O) groups is 2. The van der Waals surface area contributed by atoms with Crippen molar-refractivity contribution >= 4 is 17.4 Å². The van der Waals surface area contributed by atoms with E-state index in [1.54, 1.807) is 61.1 Å². The van der Waals surface area contributed by atoms with Crippen LogP contribution in [0.1, 0.15) is 37.4 Å². The van der Waals surface area contributed by atoms with Gasteiger partial charge in [-0.15, -0.1) is 0 Å². The van der Waals surface area contributed by atoms with Crippen molar-refractivity contribution < 1.29 is 28.9 Å². The van der Waals surface area contributed by atoms with Gasteiger partial charge in [0.15, 0.2) is 11.5 Å². The van der Waals surface area contributed by atoms with Crippen molar-refractivity contribution in [2.75, 3.05) is 26.4 Å². The molecule has 1 aliphatic heterocycles. The smallest absolute Gasteiger partial charge is 0.295 e. The number of nitrogens with zero attached hydrogens (tertiary/aromatic N) is 3. The van der Waals surface area contributed by atoms with Gasteiger partial charge in [-0.05, 0) is 62.2 Å². The second-order valence-corrected chi connectivity index (χ2v) is 8.84. The van der Waals surface area contributed by atoms with Gasteiger partial charge in [0, 0.05) is 31.0 Å². The van der Waals surface area contributed by atoms with E-state index in [2.05, 4.69) is 11.6 Å². The Hall–Kier alpha value is -4.53. The van der Waals surface area contributed by atoms with E-state index >= 15 is 0 Å². The molecule has 0 saturated carbocycles. The molecule has 0 spiro atoms.